The van der Waals surface area contributed by atoms with Crippen LogP contribution < -0.4 is 5.73 Å². The molecule has 0 spiro atoms. The van der Waals surface area contributed by atoms with E-state index in [9.17, 15) is 15.3 Å². The van der Waals surface area contributed by atoms with Gasteiger partial charge in [0.2, 0.25) is 0 Å². The molecule has 0 bridgehead atoms. The predicted octanol–water partition coefficient (Wildman–Crippen LogP) is -2.21. The van der Waals surface area contributed by atoms with E-state index in [-0.39, 0.29) is 0 Å². The minimum absolute atomic E-state index is 0.334. The van der Waals surface area contributed by atoms with Gasteiger partial charge in [-0.25, -0.2) is 0 Å². The van der Waals surface area contributed by atoms with E-state index in [1.807, 2.05) is 0 Å². The van der Waals surface area contributed by atoms with E-state index in [1.165, 1.54) is 7.11 Å². The molecule has 0 saturated carbocycles. The largest absolute Gasteiger partial charge is 0.388 e. The first-order chi connectivity index (χ1) is 6.61. The molecule has 0 unspecified atom stereocenters. The summed E-state index contributed by atoms with van der Waals surface area (Å²) >= 11 is 0. The number of rotatable bonds is 3. The molecule has 6 nitrogen and oxygen atoms in total. The van der Waals surface area contributed by atoms with E-state index < -0.39 is 30.7 Å². The Balaban J connectivity index is 2.63. The molecule has 0 amide bonds. The summed E-state index contributed by atoms with van der Waals surface area (Å²) in [6.07, 6.45) is -4.72. The quantitative estimate of drug-likeness (QED) is 0.418. The van der Waals surface area contributed by atoms with E-state index in [4.69, 9.17) is 15.2 Å². The molecule has 1 saturated heterocycles. The molecule has 1 aliphatic rings. The molecular weight excluding hydrogens is 190 g/mol. The minimum Gasteiger partial charge on any atom is -0.388 e. The average Bonchev–Trinajstić information content (AvgIpc) is 2.19. The average molecular weight is 207 g/mol. The van der Waals surface area contributed by atoms with Crippen LogP contribution in [-0.4, -0.2) is 59.7 Å². The van der Waals surface area contributed by atoms with Crippen LogP contribution in [-0.2, 0) is 9.47 Å². The molecule has 1 aliphatic heterocycles. The van der Waals surface area contributed by atoms with Crippen molar-refractivity contribution < 1.29 is 24.8 Å². The fourth-order valence-corrected chi connectivity index (χ4v) is 1.51. The molecule has 14 heavy (non-hydrogen) atoms. The third-order valence-corrected chi connectivity index (χ3v) is 2.35. The zero-order chi connectivity index (χ0) is 10.7. The summed E-state index contributed by atoms with van der Waals surface area (Å²) in [5.74, 6) is 0. The van der Waals surface area contributed by atoms with Gasteiger partial charge in [-0.3, -0.25) is 0 Å². The third kappa shape index (κ3) is 2.22. The molecule has 0 aromatic rings. The summed E-state index contributed by atoms with van der Waals surface area (Å²) in [5.41, 5.74) is 5.31. The first kappa shape index (κ1) is 11.8. The van der Waals surface area contributed by atoms with Crippen LogP contribution in [0.3, 0.4) is 0 Å². The molecule has 0 radical (unpaired) electrons. The van der Waals surface area contributed by atoms with Crippen molar-refractivity contribution in [1.82, 2.24) is 0 Å². The van der Waals surface area contributed by atoms with E-state index >= 15 is 0 Å². The van der Waals surface area contributed by atoms with Crippen LogP contribution in [0.2, 0.25) is 0 Å². The van der Waals surface area contributed by atoms with Crippen molar-refractivity contribution in [3.05, 3.63) is 0 Å². The first-order valence-electron chi connectivity index (χ1n) is 4.54. The molecular formula is C8H17NO5. The van der Waals surface area contributed by atoms with Crippen molar-refractivity contribution in [2.45, 2.75) is 37.1 Å². The molecule has 1 rings (SSSR count). The fraction of sp³-hybridized carbons (Fsp3) is 1.00. The van der Waals surface area contributed by atoms with Crippen molar-refractivity contribution in [1.29, 1.82) is 0 Å². The Morgan fingerprint density at radius 2 is 1.86 bits per heavy atom. The highest BCUT2D eigenvalue weighted by molar-refractivity contribution is 4.88. The second-order valence-corrected chi connectivity index (χ2v) is 3.33. The van der Waals surface area contributed by atoms with Crippen LogP contribution >= 0.6 is 0 Å². The molecule has 84 valence electrons. The van der Waals surface area contributed by atoms with Gasteiger partial charge >= 0.3 is 0 Å². The number of aliphatic hydroxyl groups excluding tert-OH is 3. The van der Waals surface area contributed by atoms with E-state index in [0.29, 0.717) is 13.0 Å². The van der Waals surface area contributed by atoms with Crippen molar-refractivity contribution in [2.75, 3.05) is 13.7 Å². The highest BCUT2D eigenvalue weighted by atomic mass is 16.7. The number of hydrogen-bond acceptors (Lipinski definition) is 6. The summed E-state index contributed by atoms with van der Waals surface area (Å²) in [7, 11) is 1.36. The zero-order valence-corrected chi connectivity index (χ0v) is 8.04. The number of ether oxygens (including phenoxy) is 2. The van der Waals surface area contributed by atoms with Gasteiger partial charge in [0.25, 0.3) is 0 Å². The maximum absolute atomic E-state index is 9.51. The van der Waals surface area contributed by atoms with E-state index in [2.05, 4.69) is 0 Å². The van der Waals surface area contributed by atoms with Gasteiger partial charge in [0.05, 0.1) is 6.10 Å². The standard InChI is InChI=1S/C8H17NO5/c1-13-8-7(12)6(11)5(10)4(14-8)2-3-9/h4-8,10-12H,2-3,9H2,1H3/t4-,5+,6+,7-,8+/m1/s1. The Morgan fingerprint density at radius 1 is 1.21 bits per heavy atom. The second kappa shape index (κ2) is 5.01. The number of methoxy groups -OCH3 is 1. The van der Waals surface area contributed by atoms with Gasteiger partial charge in [-0.2, -0.15) is 0 Å². The van der Waals surface area contributed by atoms with Gasteiger partial charge in [-0.1, -0.05) is 0 Å². The lowest BCUT2D eigenvalue weighted by atomic mass is 9.97. The summed E-state index contributed by atoms with van der Waals surface area (Å²) in [4.78, 5) is 0. The molecule has 1 heterocycles. The maximum Gasteiger partial charge on any atom is 0.186 e. The van der Waals surface area contributed by atoms with Gasteiger partial charge in [0, 0.05) is 7.11 Å². The Kier molecular flexibility index (Phi) is 4.24. The summed E-state index contributed by atoms with van der Waals surface area (Å²) in [5, 5.41) is 28.4. The lowest BCUT2D eigenvalue weighted by Gasteiger charge is -2.39. The van der Waals surface area contributed by atoms with Gasteiger partial charge in [-0.05, 0) is 13.0 Å². The molecule has 0 aromatic carbocycles. The van der Waals surface area contributed by atoms with Gasteiger partial charge in [0.15, 0.2) is 6.29 Å². The summed E-state index contributed by atoms with van der Waals surface area (Å²) in [6, 6.07) is 0. The topological polar surface area (TPSA) is 105 Å². The van der Waals surface area contributed by atoms with Gasteiger partial charge < -0.3 is 30.5 Å². The normalized spacial score (nSPS) is 43.9. The van der Waals surface area contributed by atoms with Crippen LogP contribution in [0, 0.1) is 0 Å². The Hall–Kier alpha value is -0.240. The molecule has 1 fully saturated rings. The Bertz CT molecular complexity index is 175. The van der Waals surface area contributed by atoms with Gasteiger partial charge in [0.1, 0.15) is 18.3 Å². The molecule has 6 heteroatoms. The lowest BCUT2D eigenvalue weighted by Crippen LogP contribution is -2.58. The van der Waals surface area contributed by atoms with Crippen molar-refractivity contribution in [3.63, 3.8) is 0 Å². The van der Waals surface area contributed by atoms with Crippen LogP contribution in [0.5, 0.6) is 0 Å². The van der Waals surface area contributed by atoms with Crippen LogP contribution in [0.1, 0.15) is 6.42 Å². The molecule has 0 aromatic heterocycles. The summed E-state index contributed by atoms with van der Waals surface area (Å²) in [6.45, 7) is 0.334. The van der Waals surface area contributed by atoms with Crippen LogP contribution in [0.25, 0.3) is 0 Å². The van der Waals surface area contributed by atoms with E-state index in [1.54, 1.807) is 0 Å². The third-order valence-electron chi connectivity index (χ3n) is 2.35. The Morgan fingerprint density at radius 3 is 2.36 bits per heavy atom. The second-order valence-electron chi connectivity index (χ2n) is 3.33. The van der Waals surface area contributed by atoms with Crippen LogP contribution in [0.4, 0.5) is 0 Å². The zero-order valence-electron chi connectivity index (χ0n) is 8.04. The number of hydrogen-bond donors (Lipinski definition) is 4. The maximum atomic E-state index is 9.51. The van der Waals surface area contributed by atoms with Crippen molar-refractivity contribution in [3.8, 4) is 0 Å². The lowest BCUT2D eigenvalue weighted by molar-refractivity contribution is -0.290. The minimum atomic E-state index is -1.26. The molecule has 5 N–H and O–H groups in total. The molecule has 0 aliphatic carbocycles. The summed E-state index contributed by atoms with van der Waals surface area (Å²) < 4.78 is 10.0. The van der Waals surface area contributed by atoms with E-state index in [0.717, 1.165) is 0 Å². The number of nitrogens with two attached hydrogens (primary N) is 1. The monoisotopic (exact) mass is 207 g/mol. The fourth-order valence-electron chi connectivity index (χ4n) is 1.51. The highest BCUT2D eigenvalue weighted by Gasteiger charge is 2.43. The smallest absolute Gasteiger partial charge is 0.186 e. The van der Waals surface area contributed by atoms with Gasteiger partial charge in [-0.15, -0.1) is 0 Å². The highest BCUT2D eigenvalue weighted by Crippen LogP contribution is 2.22. The molecule has 5 atom stereocenters. The van der Waals surface area contributed by atoms with Crippen LogP contribution in [0.15, 0.2) is 0 Å². The SMILES string of the molecule is CO[C@H]1O[C@H](CCN)[C@H](O)[C@H](O)[C@H]1O. The number of aliphatic hydroxyl groups is 3. The predicted molar refractivity (Wildman–Crippen MR) is 47.4 cm³/mol. The first-order valence-corrected chi connectivity index (χ1v) is 4.54. The van der Waals surface area contributed by atoms with Crippen molar-refractivity contribution >= 4 is 0 Å². The van der Waals surface area contributed by atoms with Crippen molar-refractivity contribution in [2.24, 2.45) is 5.73 Å². The Labute approximate surface area is 82.2 Å².